The fourth-order valence-corrected chi connectivity index (χ4v) is 11.0. The first-order valence-corrected chi connectivity index (χ1v) is 30.2. The predicted molar refractivity (Wildman–Crippen MR) is 372 cm³/mol. The van der Waals surface area contributed by atoms with Crippen LogP contribution in [0.1, 0.15) is 55.6 Å². The van der Waals surface area contributed by atoms with E-state index in [1.807, 2.05) is 48.5 Å². The number of hydrogen-bond acceptors (Lipinski definition) is 6. The standard InChI is InChI=1S/C42H40N2O.C40H36N2O/c1-29-7-11-35(12-8-29)43(39-25-31(3)23-32(4)26-39)37-15-19-41(20-16-37)45-42-21-17-38(18-22-42)44(36-13-9-30(2)10-14-36)40-27-33(5)24-34(6)28-40;1-29-5-13-33(14-6-29)41(34-15-7-30(2)8-16-34)37-21-25-39(26-22-37)43-40-27-23-38(24-28-40)42(35-17-9-31(3)10-18-35)36-19-11-32(4)12-20-36/h7-28H,1-6H3;5-28H,1-4H3. The fourth-order valence-electron chi connectivity index (χ4n) is 11.0. The molecule has 0 aliphatic carbocycles. The summed E-state index contributed by atoms with van der Waals surface area (Å²) in [4.78, 5) is 9.12. The first-order chi connectivity index (χ1) is 42.6. The first kappa shape index (κ1) is 59.2. The van der Waals surface area contributed by atoms with Crippen LogP contribution in [0.3, 0.4) is 0 Å². The topological polar surface area (TPSA) is 31.4 Å². The Morgan fingerprint density at radius 2 is 0.284 bits per heavy atom. The van der Waals surface area contributed by atoms with Gasteiger partial charge in [0.25, 0.3) is 0 Å². The van der Waals surface area contributed by atoms with Crippen LogP contribution >= 0.6 is 0 Å². The van der Waals surface area contributed by atoms with Gasteiger partial charge in [0.1, 0.15) is 23.0 Å². The Labute approximate surface area is 521 Å². The third kappa shape index (κ3) is 14.6. The molecule has 0 aliphatic heterocycles. The highest BCUT2D eigenvalue weighted by Crippen LogP contribution is 2.42. The monoisotopic (exact) mass is 1150 g/mol. The second-order valence-electron chi connectivity index (χ2n) is 23.2. The number of benzene rings is 12. The van der Waals surface area contributed by atoms with Crippen LogP contribution in [-0.2, 0) is 0 Å². The van der Waals surface area contributed by atoms with Crippen LogP contribution in [-0.4, -0.2) is 0 Å². The summed E-state index contributed by atoms with van der Waals surface area (Å²) in [6.45, 7) is 21.3. The van der Waals surface area contributed by atoms with E-state index in [-0.39, 0.29) is 0 Å². The average molecular weight is 1150 g/mol. The van der Waals surface area contributed by atoms with Gasteiger partial charge >= 0.3 is 0 Å². The highest BCUT2D eigenvalue weighted by molar-refractivity contribution is 5.81. The number of aryl methyl sites for hydroxylation is 10. The van der Waals surface area contributed by atoms with E-state index in [1.165, 1.54) is 55.6 Å². The Bertz CT molecular complexity index is 3830. The van der Waals surface area contributed by atoms with Crippen molar-refractivity contribution in [1.82, 2.24) is 0 Å². The quantitative estimate of drug-likeness (QED) is 0.0958. The van der Waals surface area contributed by atoms with Gasteiger partial charge in [0.05, 0.1) is 0 Å². The third-order valence-electron chi connectivity index (χ3n) is 15.5. The number of anilines is 12. The van der Waals surface area contributed by atoms with E-state index < -0.39 is 0 Å². The Balaban J connectivity index is 0.000000182. The van der Waals surface area contributed by atoms with E-state index in [4.69, 9.17) is 9.47 Å². The van der Waals surface area contributed by atoms with Crippen LogP contribution in [0.2, 0.25) is 0 Å². The van der Waals surface area contributed by atoms with Crippen molar-refractivity contribution >= 4 is 68.2 Å². The van der Waals surface area contributed by atoms with Gasteiger partial charge in [0, 0.05) is 68.2 Å². The molecule has 0 saturated heterocycles. The van der Waals surface area contributed by atoms with E-state index in [0.717, 1.165) is 91.2 Å². The molecule has 0 amide bonds. The van der Waals surface area contributed by atoms with Crippen LogP contribution in [0.15, 0.2) is 279 Å². The van der Waals surface area contributed by atoms with E-state index >= 15 is 0 Å². The van der Waals surface area contributed by atoms with E-state index in [9.17, 15) is 0 Å². The zero-order chi connectivity index (χ0) is 61.3. The van der Waals surface area contributed by atoms with Gasteiger partial charge in [-0.3, -0.25) is 0 Å². The van der Waals surface area contributed by atoms with Crippen molar-refractivity contribution in [3.63, 3.8) is 0 Å². The van der Waals surface area contributed by atoms with Gasteiger partial charge in [-0.2, -0.15) is 0 Å². The molecule has 436 valence electrons. The van der Waals surface area contributed by atoms with Gasteiger partial charge in [-0.1, -0.05) is 118 Å². The van der Waals surface area contributed by atoms with Crippen LogP contribution in [0.5, 0.6) is 23.0 Å². The molecule has 0 fully saturated rings. The zero-order valence-electron chi connectivity index (χ0n) is 52.2. The second kappa shape index (κ2) is 26.8. The average Bonchev–Trinajstić information content (AvgIpc) is 1.63. The molecular formula is C82H76N4O2. The van der Waals surface area contributed by atoms with Crippen molar-refractivity contribution in [2.45, 2.75) is 69.2 Å². The van der Waals surface area contributed by atoms with Crippen LogP contribution in [0.25, 0.3) is 0 Å². The molecule has 6 nitrogen and oxygen atoms in total. The van der Waals surface area contributed by atoms with Crippen molar-refractivity contribution in [1.29, 1.82) is 0 Å². The van der Waals surface area contributed by atoms with Gasteiger partial charge in [-0.15, -0.1) is 0 Å². The highest BCUT2D eigenvalue weighted by Gasteiger charge is 2.18. The summed E-state index contributed by atoms with van der Waals surface area (Å²) in [6, 6.07) is 98.4. The summed E-state index contributed by atoms with van der Waals surface area (Å²) in [5.41, 5.74) is 25.7. The smallest absolute Gasteiger partial charge is 0.127 e. The molecule has 6 heteroatoms. The maximum absolute atomic E-state index is 6.34. The van der Waals surface area contributed by atoms with Gasteiger partial charge < -0.3 is 29.1 Å². The molecule has 0 aromatic heterocycles. The SMILES string of the molecule is Cc1ccc(N(c2ccc(C)cc2)c2ccc(Oc3ccc(N(c4ccc(C)cc4)c4ccc(C)cc4)cc3)cc2)cc1.Cc1ccc(N(c2ccc(Oc3ccc(N(c4ccc(C)cc4)c4cc(C)cc(C)c4)cc3)cc2)c2cc(C)cc(C)c2)cc1. The fraction of sp³-hybridized carbons (Fsp3) is 0.122. The van der Waals surface area contributed by atoms with E-state index in [2.05, 4.69) is 319 Å². The predicted octanol–water partition coefficient (Wildman–Crippen LogP) is 23.9. The largest absolute Gasteiger partial charge is 0.457 e. The zero-order valence-corrected chi connectivity index (χ0v) is 52.2. The first-order valence-electron chi connectivity index (χ1n) is 30.2. The Hall–Kier alpha value is -10.6. The lowest BCUT2D eigenvalue weighted by Crippen LogP contribution is -2.10. The summed E-state index contributed by atoms with van der Waals surface area (Å²) < 4.78 is 12.6. The van der Waals surface area contributed by atoms with Gasteiger partial charge in [-0.05, 0) is 286 Å². The lowest BCUT2D eigenvalue weighted by atomic mass is 10.1. The van der Waals surface area contributed by atoms with E-state index in [0.29, 0.717) is 0 Å². The minimum Gasteiger partial charge on any atom is -0.457 e. The molecule has 88 heavy (non-hydrogen) atoms. The molecule has 0 N–H and O–H groups in total. The molecule has 12 rings (SSSR count). The molecular weight excluding hydrogens is 1070 g/mol. The van der Waals surface area contributed by atoms with Gasteiger partial charge in [0.2, 0.25) is 0 Å². The molecule has 0 bridgehead atoms. The highest BCUT2D eigenvalue weighted by atomic mass is 16.5. The summed E-state index contributed by atoms with van der Waals surface area (Å²) in [6.07, 6.45) is 0. The minimum atomic E-state index is 0.790. The molecule has 0 radical (unpaired) electrons. The molecule has 0 saturated carbocycles. The molecule has 0 unspecified atom stereocenters. The maximum Gasteiger partial charge on any atom is 0.127 e. The summed E-state index contributed by atoms with van der Waals surface area (Å²) >= 11 is 0. The Morgan fingerprint density at radius 1 is 0.148 bits per heavy atom. The van der Waals surface area contributed by atoms with Crippen molar-refractivity contribution in [2.24, 2.45) is 0 Å². The lowest BCUT2D eigenvalue weighted by molar-refractivity contribution is 0.482. The number of rotatable bonds is 16. The molecule has 12 aromatic rings. The summed E-state index contributed by atoms with van der Waals surface area (Å²) in [5.74, 6) is 3.16. The minimum absolute atomic E-state index is 0.790. The van der Waals surface area contributed by atoms with Gasteiger partial charge in [-0.25, -0.2) is 0 Å². The summed E-state index contributed by atoms with van der Waals surface area (Å²) in [5, 5.41) is 0. The maximum atomic E-state index is 6.34. The molecule has 0 spiro atoms. The van der Waals surface area contributed by atoms with Crippen molar-refractivity contribution < 1.29 is 9.47 Å². The summed E-state index contributed by atoms with van der Waals surface area (Å²) in [7, 11) is 0. The lowest BCUT2D eigenvalue weighted by Gasteiger charge is -2.27. The molecule has 0 heterocycles. The second-order valence-corrected chi connectivity index (χ2v) is 23.2. The van der Waals surface area contributed by atoms with Crippen LogP contribution in [0, 0.1) is 69.2 Å². The number of ether oxygens (including phenoxy) is 2. The normalized spacial score (nSPS) is 10.8. The molecule has 0 atom stereocenters. The Kier molecular flexibility index (Phi) is 18.0. The van der Waals surface area contributed by atoms with Crippen molar-refractivity contribution in [2.75, 3.05) is 19.6 Å². The van der Waals surface area contributed by atoms with Crippen LogP contribution < -0.4 is 29.1 Å². The Morgan fingerprint density at radius 3 is 0.443 bits per heavy atom. The third-order valence-corrected chi connectivity index (χ3v) is 15.5. The van der Waals surface area contributed by atoms with Crippen molar-refractivity contribution in [3.05, 3.63) is 335 Å². The molecule has 12 aromatic carbocycles. The van der Waals surface area contributed by atoms with Crippen molar-refractivity contribution in [3.8, 4) is 23.0 Å². The molecule has 0 aliphatic rings. The number of hydrogen-bond donors (Lipinski definition) is 0. The van der Waals surface area contributed by atoms with Gasteiger partial charge in [0.15, 0.2) is 0 Å². The van der Waals surface area contributed by atoms with Crippen LogP contribution in [0.4, 0.5) is 68.2 Å². The van der Waals surface area contributed by atoms with E-state index in [1.54, 1.807) is 0 Å². The number of nitrogens with zero attached hydrogens (tertiary/aromatic N) is 4.